The number of hydrogen-bond donors (Lipinski definition) is 1. The summed E-state index contributed by atoms with van der Waals surface area (Å²) in [6.45, 7) is 4.07. The molecule has 0 atom stereocenters. The maximum Gasteiger partial charge on any atom is 0.224 e. The second-order valence-corrected chi connectivity index (χ2v) is 3.73. The van der Waals surface area contributed by atoms with E-state index in [0.29, 0.717) is 6.42 Å². The smallest absolute Gasteiger partial charge is 0.224 e. The fourth-order valence-electron chi connectivity index (χ4n) is 1.24. The molecular weight excluding hydrogens is 186 g/mol. The van der Waals surface area contributed by atoms with Crippen molar-refractivity contribution in [2.75, 3.05) is 5.32 Å². The number of para-hydroxylation sites is 1. The molecule has 1 amide bonds. The Morgan fingerprint density at radius 2 is 1.93 bits per heavy atom. The van der Waals surface area contributed by atoms with Gasteiger partial charge in [-0.3, -0.25) is 4.79 Å². The van der Waals surface area contributed by atoms with E-state index in [1.807, 2.05) is 44.2 Å². The summed E-state index contributed by atoms with van der Waals surface area (Å²) in [6, 6.07) is 9.52. The van der Waals surface area contributed by atoms with E-state index in [1.165, 1.54) is 5.57 Å². The van der Waals surface area contributed by atoms with Crippen LogP contribution < -0.4 is 5.32 Å². The van der Waals surface area contributed by atoms with Crippen molar-refractivity contribution in [3.05, 3.63) is 42.0 Å². The van der Waals surface area contributed by atoms with Crippen LogP contribution in [0.5, 0.6) is 0 Å². The highest BCUT2D eigenvalue weighted by atomic mass is 16.1. The summed E-state index contributed by atoms with van der Waals surface area (Å²) in [5.41, 5.74) is 2.11. The minimum absolute atomic E-state index is 0.0682. The normalized spacial score (nSPS) is 9.47. The number of nitrogens with one attached hydrogen (secondary N) is 1. The Morgan fingerprint density at radius 3 is 2.53 bits per heavy atom. The Labute approximate surface area is 91.0 Å². The summed E-state index contributed by atoms with van der Waals surface area (Å²) in [4.78, 5) is 11.5. The molecule has 1 aromatic carbocycles. The highest BCUT2D eigenvalue weighted by Gasteiger charge is 1.99. The molecule has 0 aromatic heterocycles. The van der Waals surface area contributed by atoms with E-state index in [9.17, 15) is 4.79 Å². The van der Waals surface area contributed by atoms with Crippen molar-refractivity contribution in [3.8, 4) is 0 Å². The number of hydrogen-bond acceptors (Lipinski definition) is 1. The second-order valence-electron chi connectivity index (χ2n) is 3.73. The van der Waals surface area contributed by atoms with Gasteiger partial charge in [-0.05, 0) is 32.4 Å². The second kappa shape index (κ2) is 6.02. The van der Waals surface area contributed by atoms with Crippen LogP contribution in [-0.2, 0) is 4.79 Å². The molecule has 2 heteroatoms. The first-order valence-electron chi connectivity index (χ1n) is 5.17. The fourth-order valence-corrected chi connectivity index (χ4v) is 1.24. The number of carbonyl (C=O) groups excluding carboxylic acids is 1. The van der Waals surface area contributed by atoms with Gasteiger partial charge in [-0.1, -0.05) is 29.8 Å². The molecule has 0 bridgehead atoms. The largest absolute Gasteiger partial charge is 0.326 e. The highest BCUT2D eigenvalue weighted by Crippen LogP contribution is 2.06. The Hall–Kier alpha value is -1.57. The van der Waals surface area contributed by atoms with E-state index in [1.54, 1.807) is 0 Å². The van der Waals surface area contributed by atoms with Crippen LogP contribution in [-0.4, -0.2) is 5.91 Å². The van der Waals surface area contributed by atoms with Crippen molar-refractivity contribution in [1.82, 2.24) is 0 Å². The third kappa shape index (κ3) is 5.01. The van der Waals surface area contributed by atoms with E-state index < -0.39 is 0 Å². The van der Waals surface area contributed by atoms with Crippen LogP contribution in [0.4, 0.5) is 5.69 Å². The zero-order valence-electron chi connectivity index (χ0n) is 9.29. The predicted octanol–water partition coefficient (Wildman–Crippen LogP) is 3.37. The molecule has 15 heavy (non-hydrogen) atoms. The van der Waals surface area contributed by atoms with Crippen molar-refractivity contribution in [3.63, 3.8) is 0 Å². The monoisotopic (exact) mass is 203 g/mol. The van der Waals surface area contributed by atoms with Crippen LogP contribution in [0.1, 0.15) is 26.7 Å². The maximum absolute atomic E-state index is 11.5. The average molecular weight is 203 g/mol. The number of rotatable bonds is 4. The summed E-state index contributed by atoms with van der Waals surface area (Å²) in [6.07, 6.45) is 3.42. The third-order valence-electron chi connectivity index (χ3n) is 1.98. The van der Waals surface area contributed by atoms with Crippen LogP contribution in [0.25, 0.3) is 0 Å². The first-order chi connectivity index (χ1) is 7.18. The maximum atomic E-state index is 11.5. The lowest BCUT2D eigenvalue weighted by molar-refractivity contribution is -0.116. The molecule has 0 fully saturated rings. The lowest BCUT2D eigenvalue weighted by Crippen LogP contribution is -2.10. The number of allylic oxidation sites excluding steroid dienone is 2. The number of carbonyl (C=O) groups is 1. The molecule has 1 rings (SSSR count). The first-order valence-corrected chi connectivity index (χ1v) is 5.17. The topological polar surface area (TPSA) is 29.1 Å². The molecule has 0 saturated carbocycles. The van der Waals surface area contributed by atoms with Crippen LogP contribution in [0.2, 0.25) is 0 Å². The average Bonchev–Trinajstić information content (AvgIpc) is 2.18. The van der Waals surface area contributed by atoms with Crippen molar-refractivity contribution in [2.24, 2.45) is 0 Å². The van der Waals surface area contributed by atoms with Gasteiger partial charge in [-0.2, -0.15) is 0 Å². The molecule has 80 valence electrons. The van der Waals surface area contributed by atoms with Crippen molar-refractivity contribution < 1.29 is 4.79 Å². The first kappa shape index (κ1) is 11.5. The number of amides is 1. The van der Waals surface area contributed by atoms with E-state index in [-0.39, 0.29) is 5.91 Å². The Kier molecular flexibility index (Phi) is 4.61. The van der Waals surface area contributed by atoms with Gasteiger partial charge in [-0.15, -0.1) is 0 Å². The van der Waals surface area contributed by atoms with Crippen LogP contribution in [0.3, 0.4) is 0 Å². The molecule has 0 unspecified atom stereocenters. The molecule has 0 heterocycles. The Balaban J connectivity index is 2.34. The summed E-state index contributed by atoms with van der Waals surface area (Å²) in [5, 5.41) is 2.85. The van der Waals surface area contributed by atoms with Gasteiger partial charge in [-0.25, -0.2) is 0 Å². The molecule has 0 aliphatic carbocycles. The molecular formula is C13H17NO. The Bertz CT molecular complexity index is 337. The van der Waals surface area contributed by atoms with Gasteiger partial charge >= 0.3 is 0 Å². The van der Waals surface area contributed by atoms with Gasteiger partial charge in [0, 0.05) is 12.1 Å². The quantitative estimate of drug-likeness (QED) is 0.747. The van der Waals surface area contributed by atoms with Crippen molar-refractivity contribution in [2.45, 2.75) is 26.7 Å². The minimum atomic E-state index is 0.0682. The van der Waals surface area contributed by atoms with Crippen LogP contribution in [0, 0.1) is 0 Å². The lowest BCUT2D eigenvalue weighted by Gasteiger charge is -2.03. The minimum Gasteiger partial charge on any atom is -0.326 e. The molecule has 0 aliphatic rings. The summed E-state index contributed by atoms with van der Waals surface area (Å²) in [5.74, 6) is 0.0682. The van der Waals surface area contributed by atoms with Crippen molar-refractivity contribution >= 4 is 11.6 Å². The molecule has 0 spiro atoms. The SMILES string of the molecule is CC(C)=CCCC(=O)Nc1ccccc1. The van der Waals surface area contributed by atoms with Gasteiger partial charge in [0.2, 0.25) is 5.91 Å². The molecule has 1 N–H and O–H groups in total. The third-order valence-corrected chi connectivity index (χ3v) is 1.98. The zero-order valence-corrected chi connectivity index (χ0v) is 9.29. The molecule has 1 aromatic rings. The van der Waals surface area contributed by atoms with E-state index >= 15 is 0 Å². The summed E-state index contributed by atoms with van der Waals surface area (Å²) >= 11 is 0. The van der Waals surface area contributed by atoms with Gasteiger partial charge in [0.15, 0.2) is 0 Å². The standard InChI is InChI=1S/C13H17NO/c1-11(2)7-6-10-13(15)14-12-8-4-3-5-9-12/h3-5,7-9H,6,10H2,1-2H3,(H,14,15). The summed E-state index contributed by atoms with van der Waals surface area (Å²) < 4.78 is 0. The van der Waals surface area contributed by atoms with E-state index in [4.69, 9.17) is 0 Å². The number of benzene rings is 1. The Morgan fingerprint density at radius 1 is 1.27 bits per heavy atom. The molecule has 2 nitrogen and oxygen atoms in total. The predicted molar refractivity (Wildman–Crippen MR) is 63.7 cm³/mol. The zero-order chi connectivity index (χ0) is 11.1. The molecule has 0 aliphatic heterocycles. The number of anilines is 1. The molecule has 0 radical (unpaired) electrons. The van der Waals surface area contributed by atoms with Gasteiger partial charge < -0.3 is 5.32 Å². The van der Waals surface area contributed by atoms with Crippen LogP contribution >= 0.6 is 0 Å². The van der Waals surface area contributed by atoms with E-state index in [0.717, 1.165) is 12.1 Å². The summed E-state index contributed by atoms with van der Waals surface area (Å²) in [7, 11) is 0. The van der Waals surface area contributed by atoms with Crippen molar-refractivity contribution in [1.29, 1.82) is 0 Å². The fraction of sp³-hybridized carbons (Fsp3) is 0.308. The van der Waals surface area contributed by atoms with Gasteiger partial charge in [0.25, 0.3) is 0 Å². The van der Waals surface area contributed by atoms with Gasteiger partial charge in [0.1, 0.15) is 0 Å². The van der Waals surface area contributed by atoms with Gasteiger partial charge in [0.05, 0.1) is 0 Å². The lowest BCUT2D eigenvalue weighted by atomic mass is 10.2. The highest BCUT2D eigenvalue weighted by molar-refractivity contribution is 5.90. The van der Waals surface area contributed by atoms with E-state index in [2.05, 4.69) is 11.4 Å². The molecule has 0 saturated heterocycles. The van der Waals surface area contributed by atoms with Crippen LogP contribution in [0.15, 0.2) is 42.0 Å².